The number of nitrogens with two attached hydrogens (primary N) is 1. The van der Waals surface area contributed by atoms with Gasteiger partial charge in [0.25, 0.3) is 5.91 Å². The van der Waals surface area contributed by atoms with Crippen molar-refractivity contribution in [2.24, 2.45) is 17.6 Å². The van der Waals surface area contributed by atoms with Crippen LogP contribution in [-0.4, -0.2) is 23.5 Å². The van der Waals surface area contributed by atoms with Gasteiger partial charge in [-0.05, 0) is 36.5 Å². The third-order valence-electron chi connectivity index (χ3n) is 3.10. The van der Waals surface area contributed by atoms with Crippen LogP contribution in [-0.2, 0) is 4.79 Å². The van der Waals surface area contributed by atoms with Gasteiger partial charge in [-0.3, -0.25) is 9.59 Å². The van der Waals surface area contributed by atoms with Crippen molar-refractivity contribution in [1.82, 2.24) is 0 Å². The summed E-state index contributed by atoms with van der Waals surface area (Å²) in [6.07, 6.45) is 0.878. The number of benzene rings is 1. The van der Waals surface area contributed by atoms with Crippen LogP contribution in [0.1, 0.15) is 37.0 Å². The molecular weight excluding hydrogens is 292 g/mol. The maximum Gasteiger partial charge on any atom is 0.303 e. The number of hydrogen-bond donors (Lipinski definition) is 3. The van der Waals surface area contributed by atoms with Gasteiger partial charge in [0.1, 0.15) is 0 Å². The van der Waals surface area contributed by atoms with Crippen molar-refractivity contribution >= 4 is 29.2 Å². The van der Waals surface area contributed by atoms with Crippen LogP contribution in [0.4, 0.5) is 5.69 Å². The maximum absolute atomic E-state index is 11.4. The molecule has 1 rings (SSSR count). The molecule has 4 N–H and O–H groups in total. The summed E-state index contributed by atoms with van der Waals surface area (Å²) in [4.78, 5) is 22.3. The zero-order valence-electron chi connectivity index (χ0n) is 12.2. The first-order valence-electron chi connectivity index (χ1n) is 6.84. The van der Waals surface area contributed by atoms with Gasteiger partial charge >= 0.3 is 5.97 Å². The monoisotopic (exact) mass is 312 g/mol. The highest BCUT2D eigenvalue weighted by Crippen LogP contribution is 2.22. The second-order valence-electron chi connectivity index (χ2n) is 5.53. The SMILES string of the molecule is CC(C)CC(CNc1ccc(Cl)cc1C(N)=O)CC(=O)O. The number of anilines is 1. The fourth-order valence-corrected chi connectivity index (χ4v) is 2.45. The molecule has 0 fully saturated rings. The van der Waals surface area contributed by atoms with Crippen molar-refractivity contribution in [1.29, 1.82) is 0 Å². The number of hydrogen-bond acceptors (Lipinski definition) is 3. The molecule has 6 heteroatoms. The first-order valence-corrected chi connectivity index (χ1v) is 7.22. The van der Waals surface area contributed by atoms with Gasteiger partial charge in [-0.15, -0.1) is 0 Å². The van der Waals surface area contributed by atoms with Crippen LogP contribution in [0.25, 0.3) is 0 Å². The molecule has 1 aromatic rings. The lowest BCUT2D eigenvalue weighted by Crippen LogP contribution is -2.21. The predicted octanol–water partition coefficient (Wildman–Crippen LogP) is 2.99. The van der Waals surface area contributed by atoms with Crippen molar-refractivity contribution in [2.45, 2.75) is 26.7 Å². The van der Waals surface area contributed by atoms with E-state index in [2.05, 4.69) is 5.32 Å². The van der Waals surface area contributed by atoms with Gasteiger partial charge in [0.15, 0.2) is 0 Å². The molecule has 0 saturated heterocycles. The summed E-state index contributed by atoms with van der Waals surface area (Å²) in [6.45, 7) is 4.56. The summed E-state index contributed by atoms with van der Waals surface area (Å²) in [6, 6.07) is 4.83. The Morgan fingerprint density at radius 3 is 2.57 bits per heavy atom. The first-order chi connectivity index (χ1) is 9.79. The fraction of sp³-hybridized carbons (Fsp3) is 0.467. The Morgan fingerprint density at radius 1 is 1.38 bits per heavy atom. The van der Waals surface area contributed by atoms with E-state index in [9.17, 15) is 9.59 Å². The third kappa shape index (κ3) is 6.04. The average Bonchev–Trinajstić information content (AvgIpc) is 2.35. The van der Waals surface area contributed by atoms with Crippen LogP contribution in [0.2, 0.25) is 5.02 Å². The summed E-state index contributed by atoms with van der Waals surface area (Å²) >= 11 is 5.85. The molecule has 0 bridgehead atoms. The second kappa shape index (κ2) is 7.88. The number of primary amides is 1. The molecule has 1 unspecified atom stereocenters. The Balaban J connectivity index is 2.79. The lowest BCUT2D eigenvalue weighted by atomic mass is 9.94. The minimum Gasteiger partial charge on any atom is -0.481 e. The van der Waals surface area contributed by atoms with Gasteiger partial charge in [-0.25, -0.2) is 0 Å². The van der Waals surface area contributed by atoms with E-state index in [0.717, 1.165) is 6.42 Å². The van der Waals surface area contributed by atoms with Crippen LogP contribution < -0.4 is 11.1 Å². The molecule has 0 saturated carbocycles. The molecule has 0 aliphatic carbocycles. The zero-order valence-corrected chi connectivity index (χ0v) is 13.0. The summed E-state index contributed by atoms with van der Waals surface area (Å²) in [5.41, 5.74) is 6.20. The zero-order chi connectivity index (χ0) is 16.0. The van der Waals surface area contributed by atoms with Crippen molar-refractivity contribution in [3.05, 3.63) is 28.8 Å². The summed E-state index contributed by atoms with van der Waals surface area (Å²) in [7, 11) is 0. The minimum atomic E-state index is -0.825. The average molecular weight is 313 g/mol. The van der Waals surface area contributed by atoms with Gasteiger partial charge in [-0.1, -0.05) is 25.4 Å². The van der Waals surface area contributed by atoms with E-state index in [4.69, 9.17) is 22.4 Å². The molecule has 0 aliphatic heterocycles. The predicted molar refractivity (Wildman–Crippen MR) is 83.7 cm³/mol. The molecule has 0 heterocycles. The molecule has 1 atom stereocenters. The number of carbonyl (C=O) groups excluding carboxylic acids is 1. The lowest BCUT2D eigenvalue weighted by molar-refractivity contribution is -0.138. The largest absolute Gasteiger partial charge is 0.481 e. The topological polar surface area (TPSA) is 92.4 Å². The summed E-state index contributed by atoms with van der Waals surface area (Å²) < 4.78 is 0. The highest BCUT2D eigenvalue weighted by Gasteiger charge is 2.16. The number of amides is 1. The quantitative estimate of drug-likeness (QED) is 0.688. The number of aliphatic carboxylic acids is 1. The molecule has 1 aromatic carbocycles. The molecule has 0 aromatic heterocycles. The fourth-order valence-electron chi connectivity index (χ4n) is 2.28. The molecule has 0 radical (unpaired) electrons. The van der Waals surface area contributed by atoms with Crippen LogP contribution in [0.5, 0.6) is 0 Å². The molecule has 0 spiro atoms. The standard InChI is InChI=1S/C15H21ClN2O3/c1-9(2)5-10(6-14(19)20)8-18-13-4-3-11(16)7-12(13)15(17)21/h3-4,7,9-10,18H,5-6,8H2,1-2H3,(H2,17,21)(H,19,20). The van der Waals surface area contributed by atoms with Gasteiger partial charge in [0.2, 0.25) is 0 Å². The van der Waals surface area contributed by atoms with Crippen LogP contribution in [0.15, 0.2) is 18.2 Å². The maximum atomic E-state index is 11.4. The Bertz CT molecular complexity index is 518. The molecule has 1 amide bonds. The summed E-state index contributed by atoms with van der Waals surface area (Å²) in [5, 5.41) is 12.5. The first kappa shape index (κ1) is 17.3. The van der Waals surface area contributed by atoms with Crippen molar-refractivity contribution < 1.29 is 14.7 Å². The lowest BCUT2D eigenvalue weighted by Gasteiger charge is -2.19. The van der Waals surface area contributed by atoms with Gasteiger partial charge in [0, 0.05) is 23.7 Å². The Kier molecular flexibility index (Phi) is 6.49. The molecular formula is C15H21ClN2O3. The molecule has 21 heavy (non-hydrogen) atoms. The van der Waals surface area contributed by atoms with Crippen molar-refractivity contribution in [3.63, 3.8) is 0 Å². The highest BCUT2D eigenvalue weighted by molar-refractivity contribution is 6.31. The van der Waals surface area contributed by atoms with Gasteiger partial charge < -0.3 is 16.2 Å². The number of carboxylic acids is 1. The van der Waals surface area contributed by atoms with Crippen LogP contribution in [0, 0.1) is 11.8 Å². The van der Waals surface area contributed by atoms with E-state index in [0.29, 0.717) is 28.7 Å². The van der Waals surface area contributed by atoms with Crippen LogP contribution >= 0.6 is 11.6 Å². The van der Waals surface area contributed by atoms with Crippen LogP contribution in [0.3, 0.4) is 0 Å². The highest BCUT2D eigenvalue weighted by atomic mass is 35.5. The number of carboxylic acid groups (broad SMARTS) is 1. The van der Waals surface area contributed by atoms with E-state index in [1.54, 1.807) is 12.1 Å². The minimum absolute atomic E-state index is 0.0149. The number of nitrogens with one attached hydrogen (secondary N) is 1. The second-order valence-corrected chi connectivity index (χ2v) is 5.96. The van der Waals surface area contributed by atoms with E-state index in [-0.39, 0.29) is 12.3 Å². The van der Waals surface area contributed by atoms with Crippen molar-refractivity contribution in [2.75, 3.05) is 11.9 Å². The summed E-state index contributed by atoms with van der Waals surface area (Å²) in [5.74, 6) is -1.01. The molecule has 0 aliphatic rings. The number of rotatable bonds is 8. The number of halogens is 1. The third-order valence-corrected chi connectivity index (χ3v) is 3.33. The smallest absolute Gasteiger partial charge is 0.303 e. The van der Waals surface area contributed by atoms with Gasteiger partial charge in [0.05, 0.1) is 5.56 Å². The van der Waals surface area contributed by atoms with Crippen molar-refractivity contribution in [3.8, 4) is 0 Å². The molecule has 5 nitrogen and oxygen atoms in total. The van der Waals surface area contributed by atoms with E-state index in [1.165, 1.54) is 6.07 Å². The van der Waals surface area contributed by atoms with E-state index in [1.807, 2.05) is 13.8 Å². The number of carbonyl (C=O) groups is 2. The Hall–Kier alpha value is -1.75. The van der Waals surface area contributed by atoms with Gasteiger partial charge in [-0.2, -0.15) is 0 Å². The Morgan fingerprint density at radius 2 is 2.05 bits per heavy atom. The molecule has 116 valence electrons. The van der Waals surface area contributed by atoms with E-state index < -0.39 is 11.9 Å². The Labute approximate surface area is 129 Å². The normalized spacial score (nSPS) is 12.2. The van der Waals surface area contributed by atoms with E-state index >= 15 is 0 Å².